The molecule has 3 heteroatoms. The van der Waals surface area contributed by atoms with E-state index in [4.69, 9.17) is 10.5 Å². The summed E-state index contributed by atoms with van der Waals surface area (Å²) in [4.78, 5) is 0. The van der Waals surface area contributed by atoms with E-state index < -0.39 is 0 Å². The van der Waals surface area contributed by atoms with Gasteiger partial charge in [-0.25, -0.2) is 0 Å². The molecule has 0 aliphatic carbocycles. The van der Waals surface area contributed by atoms with Crippen molar-refractivity contribution in [3.63, 3.8) is 0 Å². The second kappa shape index (κ2) is 6.91. The SMILES string of the molecule is Cc1ccc(OCc2ccc(C(C)CN)cc2)c(Br)c1. The Morgan fingerprint density at radius 3 is 2.45 bits per heavy atom. The second-order valence-electron chi connectivity index (χ2n) is 5.10. The third-order valence-electron chi connectivity index (χ3n) is 3.38. The molecule has 0 amide bonds. The van der Waals surface area contributed by atoms with Gasteiger partial charge in [0, 0.05) is 0 Å². The molecule has 0 aliphatic heterocycles. The van der Waals surface area contributed by atoms with Crippen LogP contribution >= 0.6 is 15.9 Å². The van der Waals surface area contributed by atoms with Crippen molar-refractivity contribution in [2.45, 2.75) is 26.4 Å². The van der Waals surface area contributed by atoms with E-state index in [1.165, 1.54) is 11.1 Å². The number of benzene rings is 2. The summed E-state index contributed by atoms with van der Waals surface area (Å²) in [5, 5.41) is 0. The summed E-state index contributed by atoms with van der Waals surface area (Å²) in [5.41, 5.74) is 9.32. The van der Waals surface area contributed by atoms with Gasteiger partial charge < -0.3 is 10.5 Å². The Bertz CT molecular complexity index is 566. The predicted molar refractivity (Wildman–Crippen MR) is 87.1 cm³/mol. The summed E-state index contributed by atoms with van der Waals surface area (Å²) in [7, 11) is 0. The molecule has 0 saturated heterocycles. The minimum Gasteiger partial charge on any atom is -0.488 e. The Labute approximate surface area is 129 Å². The molecular formula is C17H20BrNO. The molecule has 0 aliphatic rings. The Kier molecular flexibility index (Phi) is 5.21. The number of rotatable bonds is 5. The van der Waals surface area contributed by atoms with E-state index in [9.17, 15) is 0 Å². The van der Waals surface area contributed by atoms with E-state index in [0.29, 0.717) is 19.1 Å². The van der Waals surface area contributed by atoms with E-state index in [1.807, 2.05) is 12.1 Å². The maximum Gasteiger partial charge on any atom is 0.134 e. The lowest BCUT2D eigenvalue weighted by atomic mass is 10.0. The zero-order valence-electron chi connectivity index (χ0n) is 11.9. The molecule has 0 radical (unpaired) electrons. The van der Waals surface area contributed by atoms with Crippen LogP contribution in [0.2, 0.25) is 0 Å². The van der Waals surface area contributed by atoms with Crippen LogP contribution in [0.4, 0.5) is 0 Å². The van der Waals surface area contributed by atoms with Crippen LogP contribution in [0.3, 0.4) is 0 Å². The summed E-state index contributed by atoms with van der Waals surface area (Å²) in [6.45, 7) is 5.44. The molecule has 2 rings (SSSR count). The van der Waals surface area contributed by atoms with Gasteiger partial charge in [0.15, 0.2) is 0 Å². The molecular weight excluding hydrogens is 314 g/mol. The summed E-state index contributed by atoms with van der Waals surface area (Å²) in [6, 6.07) is 14.5. The lowest BCUT2D eigenvalue weighted by molar-refractivity contribution is 0.304. The fourth-order valence-electron chi connectivity index (χ4n) is 1.96. The Balaban J connectivity index is 2.00. The molecule has 106 valence electrons. The average Bonchev–Trinajstić information content (AvgIpc) is 2.46. The average molecular weight is 334 g/mol. The maximum absolute atomic E-state index is 5.83. The molecule has 0 bridgehead atoms. The van der Waals surface area contributed by atoms with Crippen LogP contribution in [0, 0.1) is 6.92 Å². The Hall–Kier alpha value is -1.32. The molecule has 0 heterocycles. The number of halogens is 1. The first kappa shape index (κ1) is 15.1. The highest BCUT2D eigenvalue weighted by Crippen LogP contribution is 2.26. The first-order chi connectivity index (χ1) is 9.60. The molecule has 0 spiro atoms. The molecule has 2 aromatic rings. The van der Waals surface area contributed by atoms with Gasteiger partial charge in [0.1, 0.15) is 12.4 Å². The van der Waals surface area contributed by atoms with Crippen molar-refractivity contribution in [2.24, 2.45) is 5.73 Å². The van der Waals surface area contributed by atoms with Gasteiger partial charge in [-0.05, 0) is 64.1 Å². The van der Waals surface area contributed by atoms with Gasteiger partial charge in [-0.1, -0.05) is 37.3 Å². The van der Waals surface area contributed by atoms with E-state index in [0.717, 1.165) is 15.8 Å². The summed E-state index contributed by atoms with van der Waals surface area (Å²) < 4.78 is 6.82. The van der Waals surface area contributed by atoms with Crippen molar-refractivity contribution in [2.75, 3.05) is 6.54 Å². The van der Waals surface area contributed by atoms with Crippen molar-refractivity contribution >= 4 is 15.9 Å². The van der Waals surface area contributed by atoms with E-state index in [1.54, 1.807) is 0 Å². The molecule has 0 fully saturated rings. The van der Waals surface area contributed by atoms with Crippen LogP contribution in [0.15, 0.2) is 46.9 Å². The predicted octanol–water partition coefficient (Wildman–Crippen LogP) is 4.40. The topological polar surface area (TPSA) is 35.2 Å². The third kappa shape index (κ3) is 3.84. The molecule has 0 aromatic heterocycles. The van der Waals surface area contributed by atoms with Crippen LogP contribution < -0.4 is 10.5 Å². The zero-order chi connectivity index (χ0) is 14.5. The van der Waals surface area contributed by atoms with Crippen LogP contribution in [0.5, 0.6) is 5.75 Å². The first-order valence-electron chi connectivity index (χ1n) is 6.78. The fraction of sp³-hybridized carbons (Fsp3) is 0.294. The lowest BCUT2D eigenvalue weighted by Gasteiger charge is -2.11. The summed E-state index contributed by atoms with van der Waals surface area (Å²) >= 11 is 3.52. The van der Waals surface area contributed by atoms with Gasteiger partial charge in [-0.2, -0.15) is 0 Å². The second-order valence-corrected chi connectivity index (χ2v) is 5.96. The number of hydrogen-bond donors (Lipinski definition) is 1. The molecule has 2 aromatic carbocycles. The summed E-state index contributed by atoms with van der Waals surface area (Å²) in [6.07, 6.45) is 0. The normalized spacial score (nSPS) is 12.2. The van der Waals surface area contributed by atoms with Gasteiger partial charge in [0.25, 0.3) is 0 Å². The highest BCUT2D eigenvalue weighted by Gasteiger charge is 2.04. The van der Waals surface area contributed by atoms with Crippen LogP contribution in [0.25, 0.3) is 0 Å². The van der Waals surface area contributed by atoms with Gasteiger partial charge in [-0.15, -0.1) is 0 Å². The van der Waals surface area contributed by atoms with Crippen molar-refractivity contribution in [1.82, 2.24) is 0 Å². The first-order valence-corrected chi connectivity index (χ1v) is 7.57. The van der Waals surface area contributed by atoms with Crippen molar-refractivity contribution in [1.29, 1.82) is 0 Å². The van der Waals surface area contributed by atoms with Gasteiger partial charge in [0.2, 0.25) is 0 Å². The van der Waals surface area contributed by atoms with Gasteiger partial charge in [-0.3, -0.25) is 0 Å². The number of aryl methyl sites for hydroxylation is 1. The molecule has 2 nitrogen and oxygen atoms in total. The molecule has 2 N–H and O–H groups in total. The van der Waals surface area contributed by atoms with Crippen molar-refractivity contribution in [3.05, 3.63) is 63.6 Å². The van der Waals surface area contributed by atoms with E-state index in [2.05, 4.69) is 60.1 Å². The Morgan fingerprint density at radius 1 is 1.15 bits per heavy atom. The highest BCUT2D eigenvalue weighted by molar-refractivity contribution is 9.10. The number of ether oxygens (including phenoxy) is 1. The minimum absolute atomic E-state index is 0.399. The number of nitrogens with two attached hydrogens (primary N) is 1. The maximum atomic E-state index is 5.83. The third-order valence-corrected chi connectivity index (χ3v) is 4.00. The summed E-state index contributed by atoms with van der Waals surface area (Å²) in [5.74, 6) is 1.27. The van der Waals surface area contributed by atoms with E-state index in [-0.39, 0.29) is 0 Å². The van der Waals surface area contributed by atoms with Crippen LogP contribution in [-0.2, 0) is 6.61 Å². The minimum atomic E-state index is 0.399. The van der Waals surface area contributed by atoms with Crippen LogP contribution in [0.1, 0.15) is 29.5 Å². The highest BCUT2D eigenvalue weighted by atomic mass is 79.9. The quantitative estimate of drug-likeness (QED) is 0.880. The van der Waals surface area contributed by atoms with Gasteiger partial charge in [0.05, 0.1) is 4.47 Å². The van der Waals surface area contributed by atoms with Gasteiger partial charge >= 0.3 is 0 Å². The smallest absolute Gasteiger partial charge is 0.134 e. The molecule has 0 saturated carbocycles. The largest absolute Gasteiger partial charge is 0.488 e. The lowest BCUT2D eigenvalue weighted by Crippen LogP contribution is -2.08. The standard InChI is InChI=1S/C17H20BrNO/c1-12-3-8-17(16(18)9-12)20-11-14-4-6-15(7-5-14)13(2)10-19/h3-9,13H,10-11,19H2,1-2H3. The molecule has 1 atom stereocenters. The molecule has 20 heavy (non-hydrogen) atoms. The molecule has 1 unspecified atom stereocenters. The van der Waals surface area contributed by atoms with Crippen molar-refractivity contribution in [3.8, 4) is 5.75 Å². The monoisotopic (exact) mass is 333 g/mol. The van der Waals surface area contributed by atoms with Crippen LogP contribution in [-0.4, -0.2) is 6.54 Å². The number of hydrogen-bond acceptors (Lipinski definition) is 2. The van der Waals surface area contributed by atoms with Crippen molar-refractivity contribution < 1.29 is 4.74 Å². The van der Waals surface area contributed by atoms with E-state index >= 15 is 0 Å². The zero-order valence-corrected chi connectivity index (χ0v) is 13.5. The fourth-order valence-corrected chi connectivity index (χ4v) is 2.57. The Morgan fingerprint density at radius 2 is 1.85 bits per heavy atom.